The number of primary amides is 1. The predicted molar refractivity (Wildman–Crippen MR) is 69.0 cm³/mol. The maximum absolute atomic E-state index is 12.2. The van der Waals surface area contributed by atoms with Gasteiger partial charge in [0.2, 0.25) is 15.9 Å². The molecule has 0 saturated carbocycles. The molecule has 0 unspecified atom stereocenters. The molecule has 1 amide bonds. The molecule has 0 aliphatic rings. The Labute approximate surface area is 115 Å². The van der Waals surface area contributed by atoms with Crippen LogP contribution in [0.5, 0.6) is 5.75 Å². The standard InChI is InChI=1S/C11H14N2O6S/c1-13(6-10(12)14)20(17,18)9-4-3-7(11(15)16)5-8(9)19-2/h3-5H,6H2,1-2H3,(H2,12,14)(H,15,16). The second-order valence-electron chi connectivity index (χ2n) is 3.90. The van der Waals surface area contributed by atoms with Crippen LogP contribution in [0.15, 0.2) is 23.1 Å². The molecule has 1 aromatic rings. The third kappa shape index (κ3) is 3.25. The SMILES string of the molecule is COc1cc(C(=O)O)ccc1S(=O)(=O)N(C)CC(N)=O. The van der Waals surface area contributed by atoms with Crippen LogP contribution in [0.3, 0.4) is 0 Å². The number of carboxylic acids is 1. The first-order chi connectivity index (χ1) is 9.20. The van der Waals surface area contributed by atoms with Crippen molar-refractivity contribution in [3.05, 3.63) is 23.8 Å². The number of benzene rings is 1. The number of ether oxygens (including phenoxy) is 1. The average Bonchev–Trinajstić information content (AvgIpc) is 2.36. The topological polar surface area (TPSA) is 127 Å². The molecule has 0 radical (unpaired) electrons. The third-order valence-corrected chi connectivity index (χ3v) is 4.32. The van der Waals surface area contributed by atoms with Gasteiger partial charge < -0.3 is 15.6 Å². The van der Waals surface area contributed by atoms with Crippen LogP contribution < -0.4 is 10.5 Å². The molecule has 0 aromatic heterocycles. The van der Waals surface area contributed by atoms with Gasteiger partial charge >= 0.3 is 5.97 Å². The first-order valence-electron chi connectivity index (χ1n) is 5.36. The van der Waals surface area contributed by atoms with E-state index in [1.165, 1.54) is 14.2 Å². The normalized spacial score (nSPS) is 11.3. The first-order valence-corrected chi connectivity index (χ1v) is 6.80. The lowest BCUT2D eigenvalue weighted by Crippen LogP contribution is -2.35. The van der Waals surface area contributed by atoms with Gasteiger partial charge in [0.05, 0.1) is 19.2 Å². The van der Waals surface area contributed by atoms with E-state index in [-0.39, 0.29) is 16.2 Å². The minimum Gasteiger partial charge on any atom is -0.495 e. The summed E-state index contributed by atoms with van der Waals surface area (Å²) >= 11 is 0. The molecule has 0 aliphatic heterocycles. The zero-order chi connectivity index (χ0) is 15.5. The van der Waals surface area contributed by atoms with E-state index in [2.05, 4.69) is 0 Å². The molecule has 0 bridgehead atoms. The molecule has 0 heterocycles. The number of aromatic carboxylic acids is 1. The molecular weight excluding hydrogens is 288 g/mol. The highest BCUT2D eigenvalue weighted by atomic mass is 32.2. The van der Waals surface area contributed by atoms with E-state index in [0.717, 1.165) is 22.5 Å². The highest BCUT2D eigenvalue weighted by Crippen LogP contribution is 2.27. The van der Waals surface area contributed by atoms with E-state index in [4.69, 9.17) is 15.6 Å². The molecule has 20 heavy (non-hydrogen) atoms. The van der Waals surface area contributed by atoms with Gasteiger partial charge in [0.25, 0.3) is 0 Å². The number of carboxylic acid groups (broad SMARTS) is 1. The van der Waals surface area contributed by atoms with Crippen molar-refractivity contribution in [2.45, 2.75) is 4.90 Å². The molecule has 1 rings (SSSR count). The highest BCUT2D eigenvalue weighted by Gasteiger charge is 2.26. The number of hydrogen-bond acceptors (Lipinski definition) is 5. The van der Waals surface area contributed by atoms with Crippen LogP contribution in [0.25, 0.3) is 0 Å². The zero-order valence-electron chi connectivity index (χ0n) is 10.9. The van der Waals surface area contributed by atoms with E-state index in [1.807, 2.05) is 0 Å². The van der Waals surface area contributed by atoms with Crippen LogP contribution in [0.4, 0.5) is 0 Å². The Morgan fingerprint density at radius 1 is 1.40 bits per heavy atom. The van der Waals surface area contributed by atoms with Crippen molar-refractivity contribution in [1.29, 1.82) is 0 Å². The fourth-order valence-electron chi connectivity index (χ4n) is 1.49. The van der Waals surface area contributed by atoms with Crippen LogP contribution in [0.2, 0.25) is 0 Å². The summed E-state index contributed by atoms with van der Waals surface area (Å²) in [5, 5.41) is 8.85. The molecule has 1 aromatic carbocycles. The van der Waals surface area contributed by atoms with Crippen molar-refractivity contribution < 1.29 is 27.9 Å². The largest absolute Gasteiger partial charge is 0.495 e. The highest BCUT2D eigenvalue weighted by molar-refractivity contribution is 7.89. The predicted octanol–water partition coefficient (Wildman–Crippen LogP) is -0.501. The van der Waals surface area contributed by atoms with Gasteiger partial charge in [-0.2, -0.15) is 4.31 Å². The number of carbonyl (C=O) groups excluding carboxylic acids is 1. The molecule has 8 nitrogen and oxygen atoms in total. The van der Waals surface area contributed by atoms with Crippen LogP contribution in [-0.4, -0.2) is 50.4 Å². The number of amides is 1. The van der Waals surface area contributed by atoms with E-state index in [1.54, 1.807) is 0 Å². The monoisotopic (exact) mass is 302 g/mol. The number of nitrogens with two attached hydrogens (primary N) is 1. The van der Waals surface area contributed by atoms with Crippen molar-refractivity contribution >= 4 is 21.9 Å². The minimum absolute atomic E-state index is 0.113. The van der Waals surface area contributed by atoms with Gasteiger partial charge in [-0.1, -0.05) is 0 Å². The summed E-state index contributed by atoms with van der Waals surface area (Å²) in [6.07, 6.45) is 0. The lowest BCUT2D eigenvalue weighted by atomic mass is 10.2. The molecule has 0 fully saturated rings. The lowest BCUT2D eigenvalue weighted by molar-refractivity contribution is -0.118. The Balaban J connectivity index is 3.31. The zero-order valence-corrected chi connectivity index (χ0v) is 11.7. The lowest BCUT2D eigenvalue weighted by Gasteiger charge is -2.17. The second kappa shape index (κ2) is 5.88. The van der Waals surface area contributed by atoms with E-state index in [9.17, 15) is 18.0 Å². The number of carbonyl (C=O) groups is 2. The van der Waals surface area contributed by atoms with Crippen LogP contribution in [-0.2, 0) is 14.8 Å². The molecule has 0 atom stereocenters. The van der Waals surface area contributed by atoms with Gasteiger partial charge in [-0.05, 0) is 18.2 Å². The van der Waals surface area contributed by atoms with Crippen molar-refractivity contribution in [2.24, 2.45) is 5.73 Å². The Morgan fingerprint density at radius 3 is 2.45 bits per heavy atom. The summed E-state index contributed by atoms with van der Waals surface area (Å²) in [5.41, 5.74) is 4.84. The smallest absolute Gasteiger partial charge is 0.335 e. The maximum atomic E-state index is 12.2. The van der Waals surface area contributed by atoms with Gasteiger partial charge in [-0.3, -0.25) is 4.79 Å². The maximum Gasteiger partial charge on any atom is 0.335 e. The molecule has 0 spiro atoms. The quantitative estimate of drug-likeness (QED) is 0.729. The van der Waals surface area contributed by atoms with Gasteiger partial charge in [0.1, 0.15) is 10.6 Å². The van der Waals surface area contributed by atoms with Crippen LogP contribution in [0.1, 0.15) is 10.4 Å². The van der Waals surface area contributed by atoms with Crippen molar-refractivity contribution in [3.8, 4) is 5.75 Å². The number of sulfonamides is 1. The van der Waals surface area contributed by atoms with Crippen molar-refractivity contribution in [1.82, 2.24) is 4.31 Å². The number of nitrogens with zero attached hydrogens (tertiary/aromatic N) is 1. The summed E-state index contributed by atoms with van der Waals surface area (Å²) < 4.78 is 30.1. The fraction of sp³-hybridized carbons (Fsp3) is 0.273. The van der Waals surface area contributed by atoms with E-state index < -0.39 is 28.4 Å². The summed E-state index contributed by atoms with van der Waals surface area (Å²) in [7, 11) is -1.60. The Morgan fingerprint density at radius 2 is 2.00 bits per heavy atom. The van der Waals surface area contributed by atoms with E-state index in [0.29, 0.717) is 0 Å². The van der Waals surface area contributed by atoms with Crippen LogP contribution >= 0.6 is 0 Å². The number of hydrogen-bond donors (Lipinski definition) is 2. The summed E-state index contributed by atoms with van der Waals surface area (Å²) in [6, 6.07) is 3.33. The second-order valence-corrected chi connectivity index (χ2v) is 5.91. The van der Waals surface area contributed by atoms with E-state index >= 15 is 0 Å². The average molecular weight is 302 g/mol. The Bertz CT molecular complexity index is 640. The number of likely N-dealkylation sites (N-methyl/N-ethyl adjacent to an activating group) is 1. The minimum atomic E-state index is -4.00. The fourth-order valence-corrected chi connectivity index (χ4v) is 2.76. The number of methoxy groups -OCH3 is 1. The molecule has 0 saturated heterocycles. The molecule has 0 aliphatic carbocycles. The van der Waals surface area contributed by atoms with Crippen LogP contribution in [0, 0.1) is 0 Å². The molecular formula is C11H14N2O6S. The molecule has 3 N–H and O–H groups in total. The number of rotatable bonds is 6. The Kier molecular flexibility index (Phi) is 4.69. The first kappa shape index (κ1) is 15.9. The molecule has 110 valence electrons. The summed E-state index contributed by atoms with van der Waals surface area (Å²) in [6.45, 7) is -0.494. The van der Waals surface area contributed by atoms with Gasteiger partial charge in [0, 0.05) is 7.05 Å². The summed E-state index contributed by atoms with van der Waals surface area (Å²) in [5.74, 6) is -2.14. The molecule has 9 heteroatoms. The third-order valence-electron chi connectivity index (χ3n) is 2.48. The van der Waals surface area contributed by atoms with Gasteiger partial charge in [0.15, 0.2) is 0 Å². The van der Waals surface area contributed by atoms with Gasteiger partial charge in [-0.15, -0.1) is 0 Å². The Hall–Kier alpha value is -2.13. The van der Waals surface area contributed by atoms with Crippen molar-refractivity contribution in [3.63, 3.8) is 0 Å². The summed E-state index contributed by atoms with van der Waals surface area (Å²) in [4.78, 5) is 21.4. The van der Waals surface area contributed by atoms with Gasteiger partial charge in [-0.25, -0.2) is 13.2 Å². The van der Waals surface area contributed by atoms with Crippen molar-refractivity contribution in [2.75, 3.05) is 20.7 Å².